The third kappa shape index (κ3) is 3.57. The van der Waals surface area contributed by atoms with Gasteiger partial charge in [0.1, 0.15) is 17.7 Å². The molecule has 1 aliphatic heterocycles. The Labute approximate surface area is 181 Å². The summed E-state index contributed by atoms with van der Waals surface area (Å²) in [4.78, 5) is 24.5. The van der Waals surface area contributed by atoms with Crippen LogP contribution in [-0.4, -0.2) is 73.6 Å². The van der Waals surface area contributed by atoms with E-state index >= 15 is 0 Å². The molecule has 1 aliphatic rings. The van der Waals surface area contributed by atoms with Crippen LogP contribution in [0.15, 0.2) is 33.8 Å². The average Bonchev–Trinajstić information content (AvgIpc) is 3.47. The normalized spacial score (nSPS) is 16.2. The Kier molecular flexibility index (Phi) is 5.45. The fraction of sp³-hybridized carbons (Fsp3) is 0.429. The second-order valence-corrected chi connectivity index (χ2v) is 7.90. The van der Waals surface area contributed by atoms with Crippen molar-refractivity contribution in [3.8, 4) is 11.6 Å². The Morgan fingerprint density at radius 1 is 1.22 bits per heavy atom. The van der Waals surface area contributed by atoms with Gasteiger partial charge in [0, 0.05) is 32.1 Å². The first-order chi connectivity index (χ1) is 15.6. The first-order valence-corrected chi connectivity index (χ1v) is 10.5. The number of halogens is 1. The van der Waals surface area contributed by atoms with E-state index in [1.807, 2.05) is 0 Å². The second kappa shape index (κ2) is 8.41. The molecule has 1 fully saturated rings. The number of aliphatic hydroxyl groups is 1. The molecule has 32 heavy (non-hydrogen) atoms. The quantitative estimate of drug-likeness (QED) is 0.475. The molecule has 3 aromatic heterocycles. The smallest absolute Gasteiger partial charge is 0.278 e. The van der Waals surface area contributed by atoms with E-state index in [9.17, 15) is 14.3 Å². The molecule has 0 bridgehead atoms. The summed E-state index contributed by atoms with van der Waals surface area (Å²) in [5.74, 6) is -0.299. The van der Waals surface area contributed by atoms with E-state index in [-0.39, 0.29) is 35.2 Å². The van der Waals surface area contributed by atoms with Crippen LogP contribution in [0.25, 0.3) is 28.1 Å². The highest BCUT2D eigenvalue weighted by Crippen LogP contribution is 2.25. The van der Waals surface area contributed by atoms with Gasteiger partial charge in [-0.1, -0.05) is 12.1 Å². The summed E-state index contributed by atoms with van der Waals surface area (Å²) in [5, 5.41) is 13.3. The lowest BCUT2D eigenvalue weighted by molar-refractivity contribution is 0.0364. The zero-order valence-electron chi connectivity index (χ0n) is 17.6. The highest BCUT2D eigenvalue weighted by Gasteiger charge is 2.23. The summed E-state index contributed by atoms with van der Waals surface area (Å²) in [6.45, 7) is 5.53. The van der Waals surface area contributed by atoms with Gasteiger partial charge in [0.15, 0.2) is 11.5 Å². The van der Waals surface area contributed by atoms with Crippen molar-refractivity contribution in [1.82, 2.24) is 29.0 Å². The maximum Gasteiger partial charge on any atom is 0.278 e. The van der Waals surface area contributed by atoms with Gasteiger partial charge in [-0.2, -0.15) is 4.98 Å². The summed E-state index contributed by atoms with van der Waals surface area (Å²) >= 11 is 0. The molecular weight excluding hydrogens is 419 g/mol. The molecule has 0 spiro atoms. The topological polar surface area (TPSA) is 111 Å². The molecule has 1 aromatic carbocycles. The van der Waals surface area contributed by atoms with Crippen molar-refractivity contribution in [3.05, 3.63) is 46.5 Å². The van der Waals surface area contributed by atoms with Crippen LogP contribution in [0.3, 0.4) is 0 Å². The third-order valence-corrected chi connectivity index (χ3v) is 5.81. The summed E-state index contributed by atoms with van der Waals surface area (Å²) in [5.41, 5.74) is 1.34. The van der Waals surface area contributed by atoms with Gasteiger partial charge in [-0.25, -0.2) is 9.37 Å². The van der Waals surface area contributed by atoms with Crippen molar-refractivity contribution in [3.63, 3.8) is 0 Å². The van der Waals surface area contributed by atoms with Gasteiger partial charge in [-0.3, -0.25) is 14.1 Å². The fourth-order valence-corrected chi connectivity index (χ4v) is 3.95. The molecule has 0 radical (unpaired) electrons. The van der Waals surface area contributed by atoms with Crippen molar-refractivity contribution in [2.45, 2.75) is 19.4 Å². The number of aromatic nitrogens is 5. The maximum atomic E-state index is 14.1. The Morgan fingerprint density at radius 2 is 2.03 bits per heavy atom. The van der Waals surface area contributed by atoms with Crippen LogP contribution in [0.4, 0.5) is 4.39 Å². The number of hydrogen-bond donors (Lipinski definition) is 1. The lowest BCUT2D eigenvalue weighted by Crippen LogP contribution is -2.39. The van der Waals surface area contributed by atoms with Crippen LogP contribution in [0.5, 0.6) is 0 Å². The van der Waals surface area contributed by atoms with E-state index in [0.29, 0.717) is 43.2 Å². The molecule has 4 heterocycles. The molecule has 1 unspecified atom stereocenters. The van der Waals surface area contributed by atoms with E-state index in [4.69, 9.17) is 9.26 Å². The summed E-state index contributed by atoms with van der Waals surface area (Å²) in [7, 11) is 0. The Hall–Kier alpha value is -3.15. The van der Waals surface area contributed by atoms with Gasteiger partial charge in [0.25, 0.3) is 11.4 Å². The first-order valence-electron chi connectivity index (χ1n) is 10.5. The Morgan fingerprint density at radius 3 is 2.81 bits per heavy atom. The number of benzene rings is 1. The number of morpholine rings is 1. The molecule has 1 N–H and O–H groups in total. The number of hydrogen-bond acceptors (Lipinski definition) is 8. The monoisotopic (exact) mass is 442 g/mol. The van der Waals surface area contributed by atoms with E-state index in [1.165, 1.54) is 18.5 Å². The maximum absolute atomic E-state index is 14.1. The van der Waals surface area contributed by atoms with Gasteiger partial charge in [0.2, 0.25) is 0 Å². The predicted molar refractivity (Wildman–Crippen MR) is 113 cm³/mol. The van der Waals surface area contributed by atoms with E-state index in [2.05, 4.69) is 20.0 Å². The average molecular weight is 442 g/mol. The molecule has 168 valence electrons. The lowest BCUT2D eigenvalue weighted by Gasteiger charge is -2.27. The Bertz CT molecular complexity index is 1320. The Balaban J connectivity index is 1.64. The highest BCUT2D eigenvalue weighted by atomic mass is 19.1. The molecule has 11 heteroatoms. The number of fused-ring (bicyclic) bond motifs is 3. The van der Waals surface area contributed by atoms with Crippen LogP contribution in [0, 0.1) is 5.82 Å². The molecule has 1 saturated heterocycles. The molecule has 1 atom stereocenters. The standard InChI is InChI=1S/C21H23FN6O4/c1-13(11-29)19-24-20(32-25-19)17-18-21(30)27(5-4-26-6-8-31-9-7-26)16-10-14(22)2-3-15(16)28(18)12-23-17/h2-3,10,12-13,29H,4-9,11H2,1H3. The summed E-state index contributed by atoms with van der Waals surface area (Å²) in [6, 6.07) is 4.34. The second-order valence-electron chi connectivity index (χ2n) is 7.90. The van der Waals surface area contributed by atoms with Crippen LogP contribution in [0.1, 0.15) is 18.7 Å². The van der Waals surface area contributed by atoms with Crippen LogP contribution < -0.4 is 5.56 Å². The molecule has 5 rings (SSSR count). The summed E-state index contributed by atoms with van der Waals surface area (Å²) < 4.78 is 28.0. The third-order valence-electron chi connectivity index (χ3n) is 5.81. The number of aliphatic hydroxyl groups excluding tert-OH is 1. The molecule has 10 nitrogen and oxygen atoms in total. The number of imidazole rings is 1. The SMILES string of the molecule is CC(CO)c1noc(-c2ncn3c2c(=O)n(CCN2CCOCC2)c2cc(F)ccc23)n1. The van der Waals surface area contributed by atoms with Gasteiger partial charge in [0.05, 0.1) is 30.9 Å². The van der Waals surface area contributed by atoms with Crippen molar-refractivity contribution in [2.24, 2.45) is 0 Å². The van der Waals surface area contributed by atoms with Crippen LogP contribution in [-0.2, 0) is 11.3 Å². The van der Waals surface area contributed by atoms with Gasteiger partial charge in [-0.05, 0) is 18.2 Å². The number of nitrogens with zero attached hydrogens (tertiary/aromatic N) is 6. The van der Waals surface area contributed by atoms with E-state index < -0.39 is 5.82 Å². The fourth-order valence-electron chi connectivity index (χ4n) is 3.95. The molecule has 0 amide bonds. The van der Waals surface area contributed by atoms with Crippen molar-refractivity contribution in [2.75, 3.05) is 39.5 Å². The lowest BCUT2D eigenvalue weighted by atomic mass is 10.2. The van der Waals surface area contributed by atoms with E-state index in [1.54, 1.807) is 22.0 Å². The van der Waals surface area contributed by atoms with Crippen molar-refractivity contribution >= 4 is 16.6 Å². The highest BCUT2D eigenvalue weighted by molar-refractivity contribution is 5.83. The minimum atomic E-state index is -0.420. The molecular formula is C21H23FN6O4. The zero-order valence-corrected chi connectivity index (χ0v) is 17.6. The van der Waals surface area contributed by atoms with E-state index in [0.717, 1.165) is 13.1 Å². The largest absolute Gasteiger partial charge is 0.396 e. The molecule has 4 aromatic rings. The van der Waals surface area contributed by atoms with Gasteiger partial charge in [-0.15, -0.1) is 0 Å². The van der Waals surface area contributed by atoms with Gasteiger partial charge >= 0.3 is 0 Å². The first kappa shape index (κ1) is 20.7. The van der Waals surface area contributed by atoms with Crippen LogP contribution >= 0.6 is 0 Å². The van der Waals surface area contributed by atoms with Crippen molar-refractivity contribution in [1.29, 1.82) is 0 Å². The zero-order chi connectivity index (χ0) is 22.2. The van der Waals surface area contributed by atoms with Crippen LogP contribution in [0.2, 0.25) is 0 Å². The minimum absolute atomic E-state index is 0.0982. The molecule has 0 aliphatic carbocycles. The van der Waals surface area contributed by atoms with Gasteiger partial charge < -0.3 is 18.9 Å². The summed E-state index contributed by atoms with van der Waals surface area (Å²) in [6.07, 6.45) is 1.50. The number of rotatable bonds is 6. The minimum Gasteiger partial charge on any atom is -0.396 e. The predicted octanol–water partition coefficient (Wildman–Crippen LogP) is 1.27. The molecule has 0 saturated carbocycles. The number of ether oxygens (including phenoxy) is 1. The van der Waals surface area contributed by atoms with Crippen molar-refractivity contribution < 1.29 is 18.8 Å².